The van der Waals surface area contributed by atoms with Crippen molar-refractivity contribution in [2.75, 3.05) is 13.1 Å². The second kappa shape index (κ2) is 6.02. The van der Waals surface area contributed by atoms with Gasteiger partial charge in [0, 0.05) is 13.1 Å². The number of hydrogen-bond donors (Lipinski definition) is 1. The van der Waals surface area contributed by atoms with Crippen LogP contribution in [0.4, 0.5) is 0 Å². The average molecular weight is 360 g/mol. The van der Waals surface area contributed by atoms with Gasteiger partial charge in [-0.05, 0) is 30.3 Å². The molecule has 2 aromatic carbocycles. The van der Waals surface area contributed by atoms with Crippen molar-refractivity contribution in [2.24, 2.45) is 0 Å². The Labute approximate surface area is 155 Å². The average Bonchev–Trinajstić information content (AvgIpc) is 3.19. The van der Waals surface area contributed by atoms with Crippen LogP contribution >= 0.6 is 0 Å². The van der Waals surface area contributed by atoms with E-state index in [-0.39, 0.29) is 5.78 Å². The van der Waals surface area contributed by atoms with Crippen molar-refractivity contribution < 1.29 is 19.1 Å². The van der Waals surface area contributed by atoms with E-state index in [9.17, 15) is 9.59 Å². The fourth-order valence-corrected chi connectivity index (χ4v) is 3.60. The molecule has 1 N–H and O–H groups in total. The quantitative estimate of drug-likeness (QED) is 0.655. The predicted molar refractivity (Wildman–Crippen MR) is 97.1 cm³/mol. The summed E-state index contributed by atoms with van der Waals surface area (Å²) in [5.74, 6) is 1.02. The number of Topliss-reactive ketones (excluding diaryl/α,β-unsaturated/α-hetero) is 1. The number of ether oxygens (including phenoxy) is 2. The van der Waals surface area contributed by atoms with E-state index in [4.69, 9.17) is 9.47 Å². The van der Waals surface area contributed by atoms with Crippen LogP contribution in [0, 0.1) is 0 Å². The van der Waals surface area contributed by atoms with Crippen molar-refractivity contribution in [1.29, 1.82) is 0 Å². The van der Waals surface area contributed by atoms with E-state index in [1.807, 2.05) is 17.0 Å². The van der Waals surface area contributed by atoms with E-state index < -0.39 is 12.2 Å². The van der Waals surface area contributed by atoms with Crippen LogP contribution in [0.2, 0.25) is 0 Å². The fourth-order valence-electron chi connectivity index (χ4n) is 3.60. The molecular formula is C21H16N2O4. The van der Waals surface area contributed by atoms with Gasteiger partial charge in [0.15, 0.2) is 5.78 Å². The Kier molecular flexibility index (Phi) is 3.50. The summed E-state index contributed by atoms with van der Waals surface area (Å²) in [5, 5.41) is 3.22. The van der Waals surface area contributed by atoms with Crippen LogP contribution in [-0.4, -0.2) is 36.0 Å². The van der Waals surface area contributed by atoms with Gasteiger partial charge in [-0.2, -0.15) is 0 Å². The van der Waals surface area contributed by atoms with Gasteiger partial charge in [-0.3, -0.25) is 4.79 Å². The first-order valence-corrected chi connectivity index (χ1v) is 8.76. The highest BCUT2D eigenvalue weighted by molar-refractivity contribution is 6.13. The normalized spacial score (nSPS) is 20.0. The zero-order valence-corrected chi connectivity index (χ0v) is 14.3. The molecule has 2 aromatic rings. The number of fused-ring (bicyclic) bond motifs is 4. The molecule has 1 atom stereocenters. The molecule has 5 rings (SSSR count). The molecule has 1 unspecified atom stereocenters. The molecule has 0 saturated carbocycles. The number of hydrogen-bond acceptors (Lipinski definition) is 6. The number of carbonyl (C=O) groups is 2. The lowest BCUT2D eigenvalue weighted by Crippen LogP contribution is -2.46. The Bertz CT molecular complexity index is 1010. The summed E-state index contributed by atoms with van der Waals surface area (Å²) in [6, 6.07) is 16.0. The molecule has 0 bridgehead atoms. The summed E-state index contributed by atoms with van der Waals surface area (Å²) in [4.78, 5) is 27.7. The van der Waals surface area contributed by atoms with Crippen LogP contribution in [0.3, 0.4) is 0 Å². The summed E-state index contributed by atoms with van der Waals surface area (Å²) in [7, 11) is 0. The minimum absolute atomic E-state index is 0.127. The van der Waals surface area contributed by atoms with Gasteiger partial charge in [0.25, 0.3) is 0 Å². The highest BCUT2D eigenvalue weighted by Gasteiger charge is 2.43. The van der Waals surface area contributed by atoms with Gasteiger partial charge in [0.1, 0.15) is 22.9 Å². The number of carbonyl (C=O) groups excluding carboxylic acids is 2. The molecule has 0 amide bonds. The number of nitrogens with zero attached hydrogens (tertiary/aromatic N) is 1. The number of esters is 1. The summed E-state index contributed by atoms with van der Waals surface area (Å²) in [6.07, 6.45) is 1.06. The van der Waals surface area contributed by atoms with Crippen LogP contribution in [0.15, 0.2) is 77.6 Å². The van der Waals surface area contributed by atoms with Gasteiger partial charge in [-0.1, -0.05) is 30.3 Å². The van der Waals surface area contributed by atoms with E-state index in [1.165, 1.54) is 0 Å². The van der Waals surface area contributed by atoms with Crippen molar-refractivity contribution in [3.63, 3.8) is 0 Å². The molecule has 1 fully saturated rings. The largest absolute Gasteiger partial charge is 0.465 e. The molecule has 134 valence electrons. The standard InChI is InChI=1S/C21H16N2O4/c24-18-14-8-4-5-9-17(14)27-20-15(18)12-16(19-22-10-11-23(19)20)21(25)26-13-6-2-1-3-7-13/h1-9,12,20,22H,10-11H2. The molecular weight excluding hydrogens is 344 g/mol. The Morgan fingerprint density at radius 2 is 1.89 bits per heavy atom. The Hall–Kier alpha value is -3.54. The van der Waals surface area contributed by atoms with E-state index in [2.05, 4.69) is 5.32 Å². The topological polar surface area (TPSA) is 67.9 Å². The number of rotatable bonds is 2. The number of benzene rings is 2. The molecule has 0 radical (unpaired) electrons. The second-order valence-electron chi connectivity index (χ2n) is 6.48. The maximum atomic E-state index is 13.0. The van der Waals surface area contributed by atoms with Crippen LogP contribution in [-0.2, 0) is 4.79 Å². The summed E-state index contributed by atoms with van der Waals surface area (Å²) < 4.78 is 11.6. The molecule has 1 saturated heterocycles. The lowest BCUT2D eigenvalue weighted by molar-refractivity contribution is -0.130. The summed E-state index contributed by atoms with van der Waals surface area (Å²) in [5.41, 5.74) is 1.28. The molecule has 6 nitrogen and oxygen atoms in total. The molecule has 3 aliphatic heterocycles. The monoisotopic (exact) mass is 360 g/mol. The van der Waals surface area contributed by atoms with E-state index in [0.29, 0.717) is 47.1 Å². The third-order valence-electron chi connectivity index (χ3n) is 4.84. The fraction of sp³-hybridized carbons (Fsp3) is 0.143. The molecule has 0 aromatic heterocycles. The lowest BCUT2D eigenvalue weighted by Gasteiger charge is -2.38. The van der Waals surface area contributed by atoms with Crippen molar-refractivity contribution in [3.05, 3.63) is 83.2 Å². The van der Waals surface area contributed by atoms with Gasteiger partial charge in [-0.15, -0.1) is 0 Å². The van der Waals surface area contributed by atoms with Crippen molar-refractivity contribution in [1.82, 2.24) is 10.2 Å². The maximum Gasteiger partial charge on any atom is 0.347 e. The Morgan fingerprint density at radius 1 is 1.11 bits per heavy atom. The van der Waals surface area contributed by atoms with Crippen molar-refractivity contribution >= 4 is 11.8 Å². The summed E-state index contributed by atoms with van der Waals surface area (Å²) >= 11 is 0. The first-order chi connectivity index (χ1) is 13.2. The van der Waals surface area contributed by atoms with Crippen LogP contribution < -0.4 is 14.8 Å². The molecule has 27 heavy (non-hydrogen) atoms. The number of ketones is 1. The zero-order valence-electron chi connectivity index (χ0n) is 14.3. The first-order valence-electron chi connectivity index (χ1n) is 8.76. The maximum absolute atomic E-state index is 13.0. The third kappa shape index (κ3) is 2.49. The highest BCUT2D eigenvalue weighted by Crippen LogP contribution is 2.37. The van der Waals surface area contributed by atoms with Crippen LogP contribution in [0.5, 0.6) is 11.5 Å². The number of nitrogens with one attached hydrogen (secondary N) is 1. The van der Waals surface area contributed by atoms with Crippen LogP contribution in [0.25, 0.3) is 0 Å². The molecule has 6 heteroatoms. The van der Waals surface area contributed by atoms with Gasteiger partial charge >= 0.3 is 5.97 Å². The molecule has 0 spiro atoms. The third-order valence-corrected chi connectivity index (χ3v) is 4.84. The Balaban J connectivity index is 1.55. The lowest BCUT2D eigenvalue weighted by atomic mass is 9.93. The predicted octanol–water partition coefficient (Wildman–Crippen LogP) is 2.25. The van der Waals surface area contributed by atoms with E-state index in [1.54, 1.807) is 48.5 Å². The highest BCUT2D eigenvalue weighted by atomic mass is 16.5. The van der Waals surface area contributed by atoms with E-state index >= 15 is 0 Å². The second-order valence-corrected chi connectivity index (χ2v) is 6.48. The van der Waals surface area contributed by atoms with Crippen molar-refractivity contribution in [3.8, 4) is 11.5 Å². The minimum atomic E-state index is -0.536. The van der Waals surface area contributed by atoms with Gasteiger partial charge in [0.05, 0.1) is 11.1 Å². The molecule has 3 aliphatic rings. The van der Waals surface area contributed by atoms with Crippen LogP contribution in [0.1, 0.15) is 10.4 Å². The molecule has 3 heterocycles. The zero-order chi connectivity index (χ0) is 18.4. The molecule has 0 aliphatic carbocycles. The minimum Gasteiger partial charge on any atom is -0.465 e. The van der Waals surface area contributed by atoms with E-state index in [0.717, 1.165) is 0 Å². The first kappa shape index (κ1) is 15.7. The van der Waals surface area contributed by atoms with Crippen molar-refractivity contribution in [2.45, 2.75) is 6.23 Å². The smallest absolute Gasteiger partial charge is 0.347 e. The Morgan fingerprint density at radius 3 is 2.74 bits per heavy atom. The summed E-state index contributed by atoms with van der Waals surface area (Å²) in [6.45, 7) is 1.29. The van der Waals surface area contributed by atoms with Gasteiger partial charge < -0.3 is 19.7 Å². The SMILES string of the molecule is O=C(Oc1ccccc1)C1=C2NCCN2C2Oc3ccccc3C(=O)C2=C1. The number of para-hydroxylation sites is 2. The van der Waals surface area contributed by atoms with Gasteiger partial charge in [0.2, 0.25) is 6.23 Å². The van der Waals surface area contributed by atoms with Gasteiger partial charge in [-0.25, -0.2) is 4.79 Å².